The van der Waals surface area contributed by atoms with E-state index < -0.39 is 5.82 Å². The van der Waals surface area contributed by atoms with Crippen LogP contribution in [-0.2, 0) is 0 Å². The summed E-state index contributed by atoms with van der Waals surface area (Å²) in [5, 5.41) is 2.59. The quantitative estimate of drug-likeness (QED) is 0.842. The number of nitrogens with one attached hydrogen (secondary N) is 1. The first-order valence-corrected chi connectivity index (χ1v) is 6.50. The van der Waals surface area contributed by atoms with Crippen molar-refractivity contribution in [2.75, 3.05) is 18.2 Å². The van der Waals surface area contributed by atoms with Crippen LogP contribution in [0.25, 0.3) is 0 Å². The number of methoxy groups -OCH3 is 1. The number of carbonyl (C=O) groups is 1. The van der Waals surface area contributed by atoms with Crippen molar-refractivity contribution in [2.24, 2.45) is 0 Å². The van der Waals surface area contributed by atoms with Crippen LogP contribution in [0.4, 0.5) is 15.8 Å². The maximum absolute atomic E-state index is 13.2. The average molecular weight is 339 g/mol. The minimum Gasteiger partial charge on any atom is -0.497 e. The Hall–Kier alpha value is -2.08. The van der Waals surface area contributed by atoms with Crippen molar-refractivity contribution in [1.29, 1.82) is 0 Å². The van der Waals surface area contributed by atoms with E-state index >= 15 is 0 Å². The molecular weight excluding hydrogens is 327 g/mol. The first-order valence-electron chi connectivity index (χ1n) is 5.70. The van der Waals surface area contributed by atoms with Crippen molar-refractivity contribution in [2.45, 2.75) is 0 Å². The summed E-state index contributed by atoms with van der Waals surface area (Å²) in [6.45, 7) is 0. The van der Waals surface area contributed by atoms with Gasteiger partial charge >= 0.3 is 0 Å². The molecule has 3 N–H and O–H groups in total. The van der Waals surface area contributed by atoms with E-state index in [0.29, 0.717) is 21.5 Å². The number of nitrogen functional groups attached to an aromatic ring is 1. The SMILES string of the molecule is COc1ccc(Br)c(C(=O)Nc2cc(N)cc(F)c2)c1. The second kappa shape index (κ2) is 5.92. The lowest BCUT2D eigenvalue weighted by Crippen LogP contribution is -2.13. The number of rotatable bonds is 3. The molecule has 0 heterocycles. The fraction of sp³-hybridized carbons (Fsp3) is 0.0714. The van der Waals surface area contributed by atoms with Gasteiger partial charge in [-0.05, 0) is 52.3 Å². The molecule has 1 amide bonds. The molecule has 0 saturated carbocycles. The molecule has 0 radical (unpaired) electrons. The van der Waals surface area contributed by atoms with Gasteiger partial charge in [-0.15, -0.1) is 0 Å². The highest BCUT2D eigenvalue weighted by Gasteiger charge is 2.12. The van der Waals surface area contributed by atoms with Crippen LogP contribution in [0.1, 0.15) is 10.4 Å². The fourth-order valence-electron chi connectivity index (χ4n) is 1.69. The van der Waals surface area contributed by atoms with Crippen LogP contribution < -0.4 is 15.8 Å². The monoisotopic (exact) mass is 338 g/mol. The zero-order valence-electron chi connectivity index (χ0n) is 10.6. The molecule has 0 aromatic heterocycles. The van der Waals surface area contributed by atoms with Gasteiger partial charge in [-0.1, -0.05) is 0 Å². The molecule has 104 valence electrons. The molecule has 0 atom stereocenters. The van der Waals surface area contributed by atoms with E-state index in [1.165, 1.54) is 25.3 Å². The third-order valence-electron chi connectivity index (χ3n) is 2.60. The van der Waals surface area contributed by atoms with Crippen molar-refractivity contribution >= 4 is 33.2 Å². The van der Waals surface area contributed by atoms with Crippen LogP contribution in [0, 0.1) is 5.82 Å². The third kappa shape index (κ3) is 3.27. The standard InChI is InChI=1S/C14H12BrFN2O2/c1-20-11-2-3-13(15)12(7-11)14(19)18-10-5-8(16)4-9(17)6-10/h2-7H,17H2,1H3,(H,18,19). The van der Waals surface area contributed by atoms with Crippen molar-refractivity contribution in [3.8, 4) is 5.75 Å². The summed E-state index contributed by atoms with van der Waals surface area (Å²) in [5.74, 6) is -0.345. The Morgan fingerprint density at radius 1 is 1.30 bits per heavy atom. The summed E-state index contributed by atoms with van der Waals surface area (Å²) < 4.78 is 18.9. The normalized spacial score (nSPS) is 10.2. The molecule has 0 aliphatic heterocycles. The number of amides is 1. The topological polar surface area (TPSA) is 64.3 Å². The lowest BCUT2D eigenvalue weighted by Gasteiger charge is -2.09. The van der Waals surface area contributed by atoms with Gasteiger partial charge in [0.05, 0.1) is 12.7 Å². The molecule has 20 heavy (non-hydrogen) atoms. The summed E-state index contributed by atoms with van der Waals surface area (Å²) in [5.41, 5.74) is 6.44. The molecule has 0 aliphatic rings. The van der Waals surface area contributed by atoms with Crippen LogP contribution >= 0.6 is 15.9 Å². The zero-order chi connectivity index (χ0) is 14.7. The predicted molar refractivity (Wildman–Crippen MR) is 79.5 cm³/mol. The van der Waals surface area contributed by atoms with Gasteiger partial charge in [-0.2, -0.15) is 0 Å². The number of halogens is 2. The summed E-state index contributed by atoms with van der Waals surface area (Å²) >= 11 is 3.29. The van der Waals surface area contributed by atoms with E-state index in [1.54, 1.807) is 18.2 Å². The van der Waals surface area contributed by atoms with Gasteiger partial charge in [0.1, 0.15) is 11.6 Å². The lowest BCUT2D eigenvalue weighted by molar-refractivity contribution is 0.102. The largest absolute Gasteiger partial charge is 0.497 e. The third-order valence-corrected chi connectivity index (χ3v) is 3.29. The molecule has 4 nitrogen and oxygen atoms in total. The Balaban J connectivity index is 2.27. The molecule has 0 unspecified atom stereocenters. The molecule has 0 aliphatic carbocycles. The maximum Gasteiger partial charge on any atom is 0.256 e. The molecule has 0 fully saturated rings. The number of nitrogens with two attached hydrogens (primary N) is 1. The highest BCUT2D eigenvalue weighted by atomic mass is 79.9. The zero-order valence-corrected chi connectivity index (χ0v) is 12.2. The van der Waals surface area contributed by atoms with Gasteiger partial charge in [0.2, 0.25) is 0 Å². The fourth-order valence-corrected chi connectivity index (χ4v) is 2.11. The smallest absolute Gasteiger partial charge is 0.256 e. The number of hydrogen-bond donors (Lipinski definition) is 2. The van der Waals surface area contributed by atoms with Gasteiger partial charge in [0.25, 0.3) is 5.91 Å². The van der Waals surface area contributed by atoms with Gasteiger partial charge < -0.3 is 15.8 Å². The highest BCUT2D eigenvalue weighted by Crippen LogP contribution is 2.24. The number of anilines is 2. The van der Waals surface area contributed by atoms with E-state index in [4.69, 9.17) is 10.5 Å². The minimum absolute atomic E-state index is 0.241. The molecule has 0 bridgehead atoms. The average Bonchev–Trinajstić information content (AvgIpc) is 2.37. The van der Waals surface area contributed by atoms with Crippen molar-refractivity contribution in [1.82, 2.24) is 0 Å². The Labute approximate surface area is 123 Å². The predicted octanol–water partition coefficient (Wildman–Crippen LogP) is 3.43. The Kier molecular flexibility index (Phi) is 4.24. The summed E-state index contributed by atoms with van der Waals surface area (Å²) in [4.78, 5) is 12.2. The number of ether oxygens (including phenoxy) is 1. The van der Waals surface area contributed by atoms with Crippen molar-refractivity contribution in [3.63, 3.8) is 0 Å². The van der Waals surface area contributed by atoms with Gasteiger partial charge in [-0.25, -0.2) is 4.39 Å². The van der Waals surface area contributed by atoms with Crippen LogP contribution in [0.15, 0.2) is 40.9 Å². The first kappa shape index (κ1) is 14.3. The van der Waals surface area contributed by atoms with Crippen LogP contribution in [0.2, 0.25) is 0 Å². The van der Waals surface area contributed by atoms with E-state index in [0.717, 1.165) is 0 Å². The molecule has 0 saturated heterocycles. The minimum atomic E-state index is -0.509. The Morgan fingerprint density at radius 3 is 2.70 bits per heavy atom. The van der Waals surface area contributed by atoms with Crippen molar-refractivity contribution < 1.29 is 13.9 Å². The molecule has 2 rings (SSSR count). The molecule has 0 spiro atoms. The number of carbonyl (C=O) groups excluding carboxylic acids is 1. The summed E-state index contributed by atoms with van der Waals surface area (Å²) in [6.07, 6.45) is 0. The van der Waals surface area contributed by atoms with Gasteiger partial charge in [-0.3, -0.25) is 4.79 Å². The van der Waals surface area contributed by atoms with E-state index in [-0.39, 0.29) is 11.6 Å². The molecular formula is C14H12BrFN2O2. The van der Waals surface area contributed by atoms with E-state index in [2.05, 4.69) is 21.2 Å². The van der Waals surface area contributed by atoms with Crippen LogP contribution in [0.3, 0.4) is 0 Å². The van der Waals surface area contributed by atoms with Crippen LogP contribution in [0.5, 0.6) is 5.75 Å². The van der Waals surface area contributed by atoms with Gasteiger partial charge in [0.15, 0.2) is 0 Å². The Morgan fingerprint density at radius 2 is 2.05 bits per heavy atom. The number of benzene rings is 2. The molecule has 2 aromatic rings. The second-order valence-electron chi connectivity index (χ2n) is 4.07. The van der Waals surface area contributed by atoms with E-state index in [1.807, 2.05) is 0 Å². The molecule has 2 aromatic carbocycles. The highest BCUT2D eigenvalue weighted by molar-refractivity contribution is 9.10. The van der Waals surface area contributed by atoms with Crippen LogP contribution in [-0.4, -0.2) is 13.0 Å². The first-order chi connectivity index (χ1) is 9.49. The molecule has 6 heteroatoms. The Bertz CT molecular complexity index is 641. The maximum atomic E-state index is 13.2. The van der Waals surface area contributed by atoms with E-state index in [9.17, 15) is 9.18 Å². The summed E-state index contributed by atoms with van der Waals surface area (Å²) in [6, 6.07) is 8.87. The lowest BCUT2D eigenvalue weighted by atomic mass is 10.2. The summed E-state index contributed by atoms with van der Waals surface area (Å²) in [7, 11) is 1.51. The van der Waals surface area contributed by atoms with Gasteiger partial charge in [0, 0.05) is 15.8 Å². The number of hydrogen-bond acceptors (Lipinski definition) is 3. The van der Waals surface area contributed by atoms with Crippen molar-refractivity contribution in [3.05, 3.63) is 52.3 Å². The second-order valence-corrected chi connectivity index (χ2v) is 4.93.